The van der Waals surface area contributed by atoms with Gasteiger partial charge in [-0.1, -0.05) is 52.3 Å². The van der Waals surface area contributed by atoms with E-state index in [1.54, 1.807) is 24.3 Å². The predicted molar refractivity (Wildman–Crippen MR) is 104 cm³/mol. The number of rotatable bonds is 4. The summed E-state index contributed by atoms with van der Waals surface area (Å²) in [6.07, 6.45) is 1.38. The second kappa shape index (κ2) is 6.89. The van der Waals surface area contributed by atoms with E-state index < -0.39 is 23.5 Å². The number of carbonyl (C=O) groups is 2. The molecule has 1 unspecified atom stereocenters. The molecule has 0 saturated heterocycles. The van der Waals surface area contributed by atoms with Crippen molar-refractivity contribution in [2.24, 2.45) is 0 Å². The van der Waals surface area contributed by atoms with Gasteiger partial charge in [0.1, 0.15) is 0 Å². The molecule has 0 aliphatic carbocycles. The lowest BCUT2D eigenvalue weighted by Crippen LogP contribution is -2.31. The third-order valence-electron chi connectivity index (χ3n) is 4.40. The maximum absolute atomic E-state index is 13.0. The molecule has 3 aromatic rings. The van der Waals surface area contributed by atoms with Crippen molar-refractivity contribution in [3.63, 3.8) is 0 Å². The van der Waals surface area contributed by atoms with Gasteiger partial charge in [0, 0.05) is 10.2 Å². The molecule has 27 heavy (non-hydrogen) atoms. The van der Waals surface area contributed by atoms with Crippen LogP contribution in [0.15, 0.2) is 93.2 Å². The normalized spacial score (nSPS) is 16.9. The number of Topliss-reactive ketones (excluding diaryl/α,β-unsaturated/α-hetero) is 1. The fourth-order valence-corrected chi connectivity index (χ4v) is 3.61. The summed E-state index contributed by atoms with van der Waals surface area (Å²) in [7, 11) is 0. The summed E-state index contributed by atoms with van der Waals surface area (Å²) < 4.78 is 5.99. The molecular weight excluding hydrogens is 410 g/mol. The Bertz CT molecular complexity index is 1040. The first-order valence-corrected chi connectivity index (χ1v) is 9.02. The van der Waals surface area contributed by atoms with E-state index in [9.17, 15) is 14.7 Å². The number of hydrogen-bond donors (Lipinski definition) is 1. The lowest BCUT2D eigenvalue weighted by atomic mass is 9.95. The third-order valence-corrected chi connectivity index (χ3v) is 4.89. The number of amides is 1. The number of aliphatic hydroxyl groups is 1. The fraction of sp³-hybridized carbons (Fsp3) is 0.0476. The van der Waals surface area contributed by atoms with Gasteiger partial charge in [-0.05, 0) is 35.9 Å². The first kappa shape index (κ1) is 17.3. The molecule has 0 radical (unpaired) electrons. The topological polar surface area (TPSA) is 70.8 Å². The van der Waals surface area contributed by atoms with Crippen molar-refractivity contribution in [2.45, 2.75) is 6.04 Å². The van der Waals surface area contributed by atoms with E-state index in [1.165, 1.54) is 17.2 Å². The molecule has 2 heterocycles. The molecular formula is C21H14BrNO4. The second-order valence-electron chi connectivity index (χ2n) is 6.04. The average Bonchev–Trinajstić information content (AvgIpc) is 3.30. The monoisotopic (exact) mass is 423 g/mol. The van der Waals surface area contributed by atoms with Crippen LogP contribution in [0, 0.1) is 0 Å². The quantitative estimate of drug-likeness (QED) is 0.610. The Morgan fingerprint density at radius 3 is 2.48 bits per heavy atom. The van der Waals surface area contributed by atoms with E-state index in [0.29, 0.717) is 11.3 Å². The van der Waals surface area contributed by atoms with Gasteiger partial charge in [0.25, 0.3) is 5.91 Å². The highest BCUT2D eigenvalue weighted by atomic mass is 79.9. The van der Waals surface area contributed by atoms with Crippen LogP contribution >= 0.6 is 15.9 Å². The summed E-state index contributed by atoms with van der Waals surface area (Å²) in [6.45, 7) is 0. The Kier molecular flexibility index (Phi) is 4.41. The molecule has 1 amide bonds. The molecule has 1 atom stereocenters. The Hall–Kier alpha value is -3.12. The van der Waals surface area contributed by atoms with Crippen LogP contribution in [0.5, 0.6) is 0 Å². The number of hydrogen-bond acceptors (Lipinski definition) is 4. The zero-order chi connectivity index (χ0) is 19.0. The minimum Gasteiger partial charge on any atom is -0.503 e. The van der Waals surface area contributed by atoms with Gasteiger partial charge in [-0.2, -0.15) is 0 Å². The van der Waals surface area contributed by atoms with Gasteiger partial charge in [-0.15, -0.1) is 0 Å². The highest BCUT2D eigenvalue weighted by Gasteiger charge is 2.45. The Balaban J connectivity index is 1.89. The lowest BCUT2D eigenvalue weighted by Gasteiger charge is -2.26. The average molecular weight is 424 g/mol. The fourth-order valence-electron chi connectivity index (χ4n) is 3.22. The standard InChI is InChI=1S/C21H14BrNO4/c22-14-8-4-9-15(12-14)23-18(13-6-2-1-3-7-13)17(20(25)21(23)26)19(24)16-10-5-11-27-16/h1-12,18,25H. The molecule has 1 aliphatic rings. The molecule has 134 valence electrons. The van der Waals surface area contributed by atoms with Gasteiger partial charge in [0.2, 0.25) is 5.78 Å². The van der Waals surface area contributed by atoms with Crippen molar-refractivity contribution in [2.75, 3.05) is 4.90 Å². The first-order chi connectivity index (χ1) is 13.1. The van der Waals surface area contributed by atoms with Crippen LogP contribution in [0.3, 0.4) is 0 Å². The number of anilines is 1. The van der Waals surface area contributed by atoms with Gasteiger partial charge in [-0.25, -0.2) is 0 Å². The van der Waals surface area contributed by atoms with Crippen molar-refractivity contribution in [1.82, 2.24) is 0 Å². The molecule has 0 spiro atoms. The summed E-state index contributed by atoms with van der Waals surface area (Å²) in [5, 5.41) is 10.6. The summed E-state index contributed by atoms with van der Waals surface area (Å²) in [5.74, 6) is -1.64. The zero-order valence-electron chi connectivity index (χ0n) is 14.0. The van der Waals surface area contributed by atoms with Crippen LogP contribution in [0.25, 0.3) is 0 Å². The highest BCUT2D eigenvalue weighted by Crippen LogP contribution is 2.42. The number of nitrogens with zero attached hydrogens (tertiary/aromatic N) is 1. The summed E-state index contributed by atoms with van der Waals surface area (Å²) >= 11 is 3.40. The minimum atomic E-state index is -0.759. The van der Waals surface area contributed by atoms with Crippen LogP contribution in [-0.2, 0) is 4.79 Å². The molecule has 0 saturated carbocycles. The van der Waals surface area contributed by atoms with E-state index in [4.69, 9.17) is 4.42 Å². The molecule has 0 fully saturated rings. The van der Waals surface area contributed by atoms with E-state index in [1.807, 2.05) is 36.4 Å². The van der Waals surface area contributed by atoms with Crippen molar-refractivity contribution in [1.29, 1.82) is 0 Å². The number of ketones is 1. The van der Waals surface area contributed by atoms with Gasteiger partial charge in [0.05, 0.1) is 17.9 Å². The van der Waals surface area contributed by atoms with Crippen molar-refractivity contribution in [3.05, 3.63) is 100 Å². The van der Waals surface area contributed by atoms with Gasteiger partial charge in [0.15, 0.2) is 11.5 Å². The van der Waals surface area contributed by atoms with Crippen LogP contribution in [0.1, 0.15) is 22.2 Å². The Labute approximate surface area is 163 Å². The summed E-state index contributed by atoms with van der Waals surface area (Å²) in [4.78, 5) is 27.3. The molecule has 6 heteroatoms. The van der Waals surface area contributed by atoms with Crippen molar-refractivity contribution < 1.29 is 19.1 Å². The number of benzene rings is 2. The summed E-state index contributed by atoms with van der Waals surface area (Å²) in [5.41, 5.74) is 1.28. The Morgan fingerprint density at radius 1 is 1.04 bits per heavy atom. The molecule has 1 N–H and O–H groups in total. The number of furan rings is 1. The Morgan fingerprint density at radius 2 is 1.81 bits per heavy atom. The van der Waals surface area contributed by atoms with Crippen molar-refractivity contribution in [3.8, 4) is 0 Å². The van der Waals surface area contributed by atoms with E-state index in [0.717, 1.165) is 4.47 Å². The maximum atomic E-state index is 13.0. The zero-order valence-corrected chi connectivity index (χ0v) is 15.6. The number of carbonyl (C=O) groups excluding carboxylic acids is 2. The van der Waals surface area contributed by atoms with Gasteiger partial charge in [-0.3, -0.25) is 14.5 Å². The smallest absolute Gasteiger partial charge is 0.294 e. The van der Waals surface area contributed by atoms with E-state index in [2.05, 4.69) is 15.9 Å². The lowest BCUT2D eigenvalue weighted by molar-refractivity contribution is -0.117. The molecule has 1 aromatic heterocycles. The van der Waals surface area contributed by atoms with E-state index >= 15 is 0 Å². The van der Waals surface area contributed by atoms with Gasteiger partial charge >= 0.3 is 0 Å². The maximum Gasteiger partial charge on any atom is 0.294 e. The highest BCUT2D eigenvalue weighted by molar-refractivity contribution is 9.10. The van der Waals surface area contributed by atoms with Crippen LogP contribution in [0.2, 0.25) is 0 Å². The first-order valence-electron chi connectivity index (χ1n) is 8.23. The molecule has 0 bridgehead atoms. The minimum absolute atomic E-state index is 0.00104. The van der Waals surface area contributed by atoms with Crippen LogP contribution in [0.4, 0.5) is 5.69 Å². The van der Waals surface area contributed by atoms with E-state index in [-0.39, 0.29) is 11.3 Å². The van der Waals surface area contributed by atoms with Gasteiger partial charge < -0.3 is 9.52 Å². The van der Waals surface area contributed by atoms with Crippen LogP contribution in [-0.4, -0.2) is 16.8 Å². The molecule has 1 aliphatic heterocycles. The van der Waals surface area contributed by atoms with Crippen molar-refractivity contribution >= 4 is 33.3 Å². The SMILES string of the molecule is O=C(C1=C(O)C(=O)N(c2cccc(Br)c2)C1c1ccccc1)c1ccco1. The number of aliphatic hydroxyl groups excluding tert-OH is 1. The molecule has 2 aromatic carbocycles. The molecule has 4 rings (SSSR count). The van der Waals surface area contributed by atoms with Crippen LogP contribution < -0.4 is 4.90 Å². The number of halogens is 1. The summed E-state index contributed by atoms with van der Waals surface area (Å²) in [6, 6.07) is 18.6. The largest absolute Gasteiger partial charge is 0.503 e. The molecule has 5 nitrogen and oxygen atoms in total. The predicted octanol–water partition coefficient (Wildman–Crippen LogP) is 4.83. The third kappa shape index (κ3) is 2.98. The second-order valence-corrected chi connectivity index (χ2v) is 6.95.